The van der Waals surface area contributed by atoms with Crippen molar-refractivity contribution in [3.63, 3.8) is 0 Å². The van der Waals surface area contributed by atoms with Crippen LogP contribution in [0.5, 0.6) is 0 Å². The maximum Gasteiger partial charge on any atom is 0.234 e. The van der Waals surface area contributed by atoms with Crippen LogP contribution in [-0.4, -0.2) is 46.0 Å². The van der Waals surface area contributed by atoms with Crippen LogP contribution >= 0.6 is 34.9 Å². The number of hydrogen-bond donors (Lipinski definition) is 3. The summed E-state index contributed by atoms with van der Waals surface area (Å²) in [5.74, 6) is 0.488. The predicted molar refractivity (Wildman–Crippen MR) is 146 cm³/mol. The molecule has 0 aliphatic heterocycles. The van der Waals surface area contributed by atoms with E-state index in [1.54, 1.807) is 0 Å². The van der Waals surface area contributed by atoms with Crippen LogP contribution < -0.4 is 16.0 Å². The molecule has 0 atom stereocenters. The van der Waals surface area contributed by atoms with Crippen molar-refractivity contribution in [3.05, 3.63) is 48.5 Å². The van der Waals surface area contributed by atoms with Gasteiger partial charge in [0.1, 0.15) is 0 Å². The van der Waals surface area contributed by atoms with Gasteiger partial charge in [0.25, 0.3) is 0 Å². The van der Waals surface area contributed by atoms with E-state index in [4.69, 9.17) is 0 Å². The molecule has 4 rings (SSSR count). The zero-order chi connectivity index (χ0) is 24.5. The molecule has 2 aromatic carbocycles. The van der Waals surface area contributed by atoms with Gasteiger partial charge in [0.15, 0.2) is 4.34 Å². The number of anilines is 2. The molecule has 184 valence electrons. The molecule has 0 radical (unpaired) electrons. The third-order valence-corrected chi connectivity index (χ3v) is 8.57. The number of para-hydroxylation sites is 1. The van der Waals surface area contributed by atoms with E-state index >= 15 is 0 Å². The van der Waals surface area contributed by atoms with E-state index in [0.717, 1.165) is 33.1 Å². The Morgan fingerprint density at radius 3 is 2.31 bits per heavy atom. The Morgan fingerprint density at radius 1 is 0.857 bits per heavy atom. The van der Waals surface area contributed by atoms with Crippen LogP contribution in [0.25, 0.3) is 10.2 Å². The van der Waals surface area contributed by atoms with Crippen molar-refractivity contribution in [2.24, 2.45) is 0 Å². The summed E-state index contributed by atoms with van der Waals surface area (Å²) in [7, 11) is 0. The molecule has 7 nitrogen and oxygen atoms in total. The molecule has 0 spiro atoms. The van der Waals surface area contributed by atoms with Gasteiger partial charge in [0.2, 0.25) is 17.7 Å². The van der Waals surface area contributed by atoms with E-state index in [0.29, 0.717) is 17.5 Å². The van der Waals surface area contributed by atoms with Gasteiger partial charge in [-0.15, -0.1) is 23.1 Å². The lowest BCUT2D eigenvalue weighted by Crippen LogP contribution is -2.37. The second kappa shape index (κ2) is 12.9. The van der Waals surface area contributed by atoms with Crippen LogP contribution in [0.4, 0.5) is 11.4 Å². The Hall–Kier alpha value is -2.56. The van der Waals surface area contributed by atoms with Crippen molar-refractivity contribution >= 4 is 74.2 Å². The fourth-order valence-corrected chi connectivity index (χ4v) is 6.37. The first-order valence-electron chi connectivity index (χ1n) is 11.6. The topological polar surface area (TPSA) is 100 Å². The summed E-state index contributed by atoms with van der Waals surface area (Å²) in [5, 5.41) is 8.81. The molecule has 1 saturated carbocycles. The largest absolute Gasteiger partial charge is 0.353 e. The van der Waals surface area contributed by atoms with Crippen molar-refractivity contribution in [2.45, 2.75) is 42.5 Å². The number of fused-ring (bicyclic) bond motifs is 1. The molecular weight excluding hydrogens is 501 g/mol. The highest BCUT2D eigenvalue weighted by Gasteiger charge is 2.16. The minimum Gasteiger partial charge on any atom is -0.353 e. The summed E-state index contributed by atoms with van der Waals surface area (Å²) in [6.45, 7) is 0. The van der Waals surface area contributed by atoms with Crippen LogP contribution in [0.1, 0.15) is 32.1 Å². The second-order valence-corrected chi connectivity index (χ2v) is 11.5. The second-order valence-electron chi connectivity index (χ2n) is 8.31. The minimum atomic E-state index is -0.166. The number of nitrogens with one attached hydrogen (secondary N) is 3. The summed E-state index contributed by atoms with van der Waals surface area (Å²) >= 11 is 4.22. The molecule has 1 aliphatic carbocycles. The molecule has 0 bridgehead atoms. The Morgan fingerprint density at radius 2 is 1.57 bits per heavy atom. The van der Waals surface area contributed by atoms with E-state index < -0.39 is 0 Å². The van der Waals surface area contributed by atoms with Gasteiger partial charge in [-0.25, -0.2) is 4.98 Å². The Bertz CT molecular complexity index is 1160. The number of amides is 3. The number of thiazole rings is 1. The molecule has 3 N–H and O–H groups in total. The van der Waals surface area contributed by atoms with Crippen molar-refractivity contribution < 1.29 is 14.4 Å². The quantitative estimate of drug-likeness (QED) is 0.315. The van der Waals surface area contributed by atoms with Crippen molar-refractivity contribution in [1.82, 2.24) is 10.3 Å². The molecule has 3 aromatic rings. The predicted octanol–water partition coefficient (Wildman–Crippen LogP) is 5.15. The number of thioether (sulfide) groups is 2. The molecule has 3 amide bonds. The molecule has 0 unspecified atom stereocenters. The molecule has 0 saturated heterocycles. The standard InChI is InChI=1S/C25H28N4O3S3/c30-22(26-17-7-3-1-4-8-17)14-33-15-23(31)28-19-11-12-20-21(13-19)35-25(29-20)34-16-24(32)27-18-9-5-2-6-10-18/h1,3-4,7-8,11-13,18H,2,5-6,9-10,14-16H2,(H,26,30)(H,27,32)(H,28,31). The van der Waals surface area contributed by atoms with Gasteiger partial charge < -0.3 is 16.0 Å². The highest BCUT2D eigenvalue weighted by molar-refractivity contribution is 8.01. The van der Waals surface area contributed by atoms with E-state index in [-0.39, 0.29) is 29.2 Å². The van der Waals surface area contributed by atoms with Crippen molar-refractivity contribution in [2.75, 3.05) is 27.9 Å². The Balaban J connectivity index is 1.20. The highest BCUT2D eigenvalue weighted by atomic mass is 32.2. The first-order valence-corrected chi connectivity index (χ1v) is 14.6. The van der Waals surface area contributed by atoms with Crippen LogP contribution in [0, 0.1) is 0 Å². The lowest BCUT2D eigenvalue weighted by Gasteiger charge is -2.22. The van der Waals surface area contributed by atoms with Crippen molar-refractivity contribution in [3.8, 4) is 0 Å². The highest BCUT2D eigenvalue weighted by Crippen LogP contribution is 2.31. The number of rotatable bonds is 10. The van der Waals surface area contributed by atoms with Gasteiger partial charge in [-0.1, -0.05) is 49.2 Å². The smallest absolute Gasteiger partial charge is 0.234 e. The lowest BCUT2D eigenvalue weighted by molar-refractivity contribution is -0.119. The van der Waals surface area contributed by atoms with Gasteiger partial charge in [-0.05, 0) is 43.2 Å². The van der Waals surface area contributed by atoms with Crippen LogP contribution in [0.3, 0.4) is 0 Å². The summed E-state index contributed by atoms with van der Waals surface area (Å²) in [6.07, 6.45) is 5.80. The maximum absolute atomic E-state index is 12.3. The summed E-state index contributed by atoms with van der Waals surface area (Å²) in [4.78, 5) is 41.2. The molecule has 1 heterocycles. The maximum atomic E-state index is 12.3. The van der Waals surface area contributed by atoms with Gasteiger partial charge in [0, 0.05) is 17.4 Å². The Labute approximate surface area is 217 Å². The van der Waals surface area contributed by atoms with E-state index in [9.17, 15) is 14.4 Å². The number of hydrogen-bond acceptors (Lipinski definition) is 7. The number of carbonyl (C=O) groups is 3. The molecular formula is C25H28N4O3S3. The number of aromatic nitrogens is 1. The summed E-state index contributed by atoms with van der Waals surface area (Å²) < 4.78 is 1.79. The lowest BCUT2D eigenvalue weighted by atomic mass is 9.95. The normalized spacial score (nSPS) is 13.9. The Kier molecular flexibility index (Phi) is 9.44. The van der Waals surface area contributed by atoms with Gasteiger partial charge >= 0.3 is 0 Å². The number of benzene rings is 2. The van der Waals surface area contributed by atoms with Crippen LogP contribution in [0.15, 0.2) is 52.9 Å². The zero-order valence-electron chi connectivity index (χ0n) is 19.2. The molecule has 1 aromatic heterocycles. The van der Waals surface area contributed by atoms with E-state index in [2.05, 4.69) is 20.9 Å². The fourth-order valence-electron chi connectivity index (χ4n) is 3.84. The van der Waals surface area contributed by atoms with Gasteiger partial charge in [0.05, 0.1) is 27.5 Å². The molecule has 35 heavy (non-hydrogen) atoms. The monoisotopic (exact) mass is 528 g/mol. The molecule has 10 heteroatoms. The van der Waals surface area contributed by atoms with Crippen LogP contribution in [0.2, 0.25) is 0 Å². The number of nitrogens with zero attached hydrogens (tertiary/aromatic N) is 1. The first kappa shape index (κ1) is 25.5. The summed E-state index contributed by atoms with van der Waals surface area (Å²) in [5.41, 5.74) is 2.27. The van der Waals surface area contributed by atoms with Crippen LogP contribution in [-0.2, 0) is 14.4 Å². The SMILES string of the molecule is O=C(CSCC(=O)Nc1ccc2nc(SCC(=O)NC3CCCCC3)sc2c1)Nc1ccccc1. The van der Waals surface area contributed by atoms with Gasteiger partial charge in [-0.2, -0.15) is 0 Å². The average Bonchev–Trinajstić information content (AvgIpc) is 3.26. The third kappa shape index (κ3) is 8.26. The van der Waals surface area contributed by atoms with E-state index in [1.807, 2.05) is 48.5 Å². The first-order chi connectivity index (χ1) is 17.0. The molecule has 1 fully saturated rings. The van der Waals surface area contributed by atoms with Crippen molar-refractivity contribution in [1.29, 1.82) is 0 Å². The van der Waals surface area contributed by atoms with E-state index in [1.165, 1.54) is 54.1 Å². The zero-order valence-corrected chi connectivity index (χ0v) is 21.7. The van der Waals surface area contributed by atoms with Gasteiger partial charge in [-0.3, -0.25) is 14.4 Å². The minimum absolute atomic E-state index is 0.0593. The average molecular weight is 529 g/mol. The molecule has 1 aliphatic rings. The number of carbonyl (C=O) groups excluding carboxylic acids is 3. The fraction of sp³-hybridized carbons (Fsp3) is 0.360. The third-order valence-electron chi connectivity index (χ3n) is 5.47. The summed E-state index contributed by atoms with van der Waals surface area (Å²) in [6, 6.07) is 15.1.